The normalized spacial score (nSPS) is 14.3. The van der Waals surface area contributed by atoms with Crippen molar-refractivity contribution in [2.45, 2.75) is 45.8 Å². The second kappa shape index (κ2) is 9.08. The summed E-state index contributed by atoms with van der Waals surface area (Å²) in [4.78, 5) is 0. The van der Waals surface area contributed by atoms with Crippen LogP contribution >= 0.6 is 0 Å². The minimum absolute atomic E-state index is 0.0293. The van der Waals surface area contributed by atoms with Gasteiger partial charge in [0.05, 0.1) is 19.3 Å². The van der Waals surface area contributed by atoms with E-state index in [0.29, 0.717) is 13.2 Å². The van der Waals surface area contributed by atoms with Crippen molar-refractivity contribution in [2.24, 2.45) is 5.73 Å². The van der Waals surface area contributed by atoms with Gasteiger partial charge in [0.25, 0.3) is 0 Å². The van der Waals surface area contributed by atoms with Crippen LogP contribution in [0.2, 0.25) is 0 Å². The molecule has 0 spiro atoms. The minimum atomic E-state index is -0.0598. The molecule has 0 amide bonds. The summed E-state index contributed by atoms with van der Waals surface area (Å²) in [6, 6.07) is 8.32. The summed E-state index contributed by atoms with van der Waals surface area (Å²) >= 11 is 0. The molecule has 2 unspecified atom stereocenters. The third-order valence-electron chi connectivity index (χ3n) is 3.05. The van der Waals surface area contributed by atoms with E-state index in [1.165, 1.54) is 5.56 Å². The molecule has 3 nitrogen and oxygen atoms in total. The van der Waals surface area contributed by atoms with Crippen molar-refractivity contribution < 1.29 is 9.47 Å². The highest BCUT2D eigenvalue weighted by molar-refractivity contribution is 5.24. The summed E-state index contributed by atoms with van der Waals surface area (Å²) < 4.78 is 11.4. The number of hydrogen-bond donors (Lipinski definition) is 1. The third kappa shape index (κ3) is 6.19. The monoisotopic (exact) mass is 265 g/mol. The lowest BCUT2D eigenvalue weighted by Gasteiger charge is -2.22. The van der Waals surface area contributed by atoms with Crippen LogP contribution in [0.1, 0.15) is 43.9 Å². The van der Waals surface area contributed by atoms with Gasteiger partial charge in [-0.1, -0.05) is 43.2 Å². The van der Waals surface area contributed by atoms with E-state index in [9.17, 15) is 0 Å². The Morgan fingerprint density at radius 2 is 1.79 bits per heavy atom. The fraction of sp³-hybridized carbons (Fsp3) is 0.625. The maximum atomic E-state index is 6.00. The van der Waals surface area contributed by atoms with Crippen molar-refractivity contribution in [1.82, 2.24) is 0 Å². The van der Waals surface area contributed by atoms with E-state index in [1.807, 2.05) is 6.92 Å². The Morgan fingerprint density at radius 3 is 2.37 bits per heavy atom. The van der Waals surface area contributed by atoms with Gasteiger partial charge in [0, 0.05) is 12.6 Å². The van der Waals surface area contributed by atoms with Gasteiger partial charge in [-0.15, -0.1) is 0 Å². The summed E-state index contributed by atoms with van der Waals surface area (Å²) in [5, 5.41) is 0. The molecule has 2 N–H and O–H groups in total. The van der Waals surface area contributed by atoms with Crippen LogP contribution in [-0.2, 0) is 9.47 Å². The first-order valence-electron chi connectivity index (χ1n) is 7.16. The first-order valence-corrected chi connectivity index (χ1v) is 7.16. The van der Waals surface area contributed by atoms with Crippen LogP contribution in [0.3, 0.4) is 0 Å². The number of nitrogens with two attached hydrogens (primary N) is 1. The fourth-order valence-electron chi connectivity index (χ4n) is 1.89. The van der Waals surface area contributed by atoms with Gasteiger partial charge >= 0.3 is 0 Å². The smallest absolute Gasteiger partial charge is 0.0974 e. The molecule has 0 saturated heterocycles. The van der Waals surface area contributed by atoms with Gasteiger partial charge in [-0.25, -0.2) is 0 Å². The van der Waals surface area contributed by atoms with E-state index >= 15 is 0 Å². The lowest BCUT2D eigenvalue weighted by atomic mass is 10.0. The minimum Gasteiger partial charge on any atom is -0.379 e. The molecule has 2 atom stereocenters. The van der Waals surface area contributed by atoms with Crippen molar-refractivity contribution >= 4 is 0 Å². The van der Waals surface area contributed by atoms with Gasteiger partial charge in [0.2, 0.25) is 0 Å². The molecular weight excluding hydrogens is 238 g/mol. The van der Waals surface area contributed by atoms with Crippen LogP contribution in [0.25, 0.3) is 0 Å². The second-order valence-electron chi connectivity index (χ2n) is 5.03. The number of benzene rings is 1. The third-order valence-corrected chi connectivity index (χ3v) is 3.05. The number of rotatable bonds is 9. The molecule has 0 heterocycles. The summed E-state index contributed by atoms with van der Waals surface area (Å²) in [5.41, 5.74) is 8.38. The average molecular weight is 265 g/mol. The molecule has 0 aliphatic heterocycles. The summed E-state index contributed by atoms with van der Waals surface area (Å²) in [7, 11) is 0. The van der Waals surface area contributed by atoms with Crippen molar-refractivity contribution in [3.05, 3.63) is 35.4 Å². The molecule has 0 saturated carbocycles. The Morgan fingerprint density at radius 1 is 1.11 bits per heavy atom. The molecule has 108 valence electrons. The van der Waals surface area contributed by atoms with Crippen LogP contribution in [-0.4, -0.2) is 25.9 Å². The molecule has 3 heteroatoms. The predicted octanol–water partition coefficient (Wildman–Crippen LogP) is 3.22. The predicted molar refractivity (Wildman–Crippen MR) is 79.2 cm³/mol. The Balaban J connectivity index is 2.39. The molecule has 0 aliphatic carbocycles. The van der Waals surface area contributed by atoms with E-state index in [2.05, 4.69) is 38.1 Å². The van der Waals surface area contributed by atoms with Crippen molar-refractivity contribution in [1.29, 1.82) is 0 Å². The fourth-order valence-corrected chi connectivity index (χ4v) is 1.89. The maximum Gasteiger partial charge on any atom is 0.0974 e. The number of ether oxygens (including phenoxy) is 2. The highest BCUT2D eigenvalue weighted by atomic mass is 16.5. The Bertz CT molecular complexity index is 335. The molecule has 1 rings (SSSR count). The molecule has 19 heavy (non-hydrogen) atoms. The van der Waals surface area contributed by atoms with Crippen molar-refractivity contribution in [2.75, 3.05) is 19.8 Å². The van der Waals surface area contributed by atoms with Gasteiger partial charge in [-0.2, -0.15) is 0 Å². The van der Waals surface area contributed by atoms with Crippen LogP contribution in [0.4, 0.5) is 0 Å². The average Bonchev–Trinajstić information content (AvgIpc) is 2.39. The highest BCUT2D eigenvalue weighted by Crippen LogP contribution is 2.20. The van der Waals surface area contributed by atoms with E-state index in [-0.39, 0.29) is 12.1 Å². The van der Waals surface area contributed by atoms with E-state index in [4.69, 9.17) is 15.2 Å². The zero-order valence-corrected chi connectivity index (χ0v) is 12.4. The molecule has 0 aliphatic rings. The standard InChI is InChI=1S/C16H27NO2/c1-4-5-10-18-11-12-19-16(14(3)17)15-8-6-13(2)7-9-15/h6-9,14,16H,4-5,10-12,17H2,1-3H3. The molecule has 1 aromatic carbocycles. The molecule has 0 fully saturated rings. The maximum absolute atomic E-state index is 6.00. The van der Waals surface area contributed by atoms with Crippen LogP contribution in [0, 0.1) is 6.92 Å². The topological polar surface area (TPSA) is 44.5 Å². The molecule has 0 aromatic heterocycles. The van der Waals surface area contributed by atoms with Gasteiger partial charge in [0.1, 0.15) is 0 Å². The van der Waals surface area contributed by atoms with Gasteiger partial charge in [0.15, 0.2) is 0 Å². The SMILES string of the molecule is CCCCOCCOC(c1ccc(C)cc1)C(C)N. The first-order chi connectivity index (χ1) is 9.15. The van der Waals surface area contributed by atoms with E-state index < -0.39 is 0 Å². The largest absolute Gasteiger partial charge is 0.379 e. The number of unbranched alkanes of at least 4 members (excludes halogenated alkanes) is 1. The zero-order valence-electron chi connectivity index (χ0n) is 12.4. The van der Waals surface area contributed by atoms with Gasteiger partial charge < -0.3 is 15.2 Å². The van der Waals surface area contributed by atoms with Crippen LogP contribution in [0.15, 0.2) is 24.3 Å². The Kier molecular flexibility index (Phi) is 7.72. The summed E-state index contributed by atoms with van der Waals surface area (Å²) in [5.74, 6) is 0. The highest BCUT2D eigenvalue weighted by Gasteiger charge is 2.16. The zero-order chi connectivity index (χ0) is 14.1. The lowest BCUT2D eigenvalue weighted by molar-refractivity contribution is -0.00529. The molecular formula is C16H27NO2. The summed E-state index contributed by atoms with van der Waals surface area (Å²) in [6.07, 6.45) is 2.21. The summed E-state index contributed by atoms with van der Waals surface area (Å²) in [6.45, 7) is 8.24. The number of hydrogen-bond acceptors (Lipinski definition) is 3. The van der Waals surface area contributed by atoms with Crippen LogP contribution in [0.5, 0.6) is 0 Å². The second-order valence-corrected chi connectivity index (χ2v) is 5.03. The van der Waals surface area contributed by atoms with E-state index in [1.54, 1.807) is 0 Å². The van der Waals surface area contributed by atoms with E-state index in [0.717, 1.165) is 25.0 Å². The molecule has 0 radical (unpaired) electrons. The molecule has 0 bridgehead atoms. The molecule has 1 aromatic rings. The van der Waals surface area contributed by atoms with Gasteiger partial charge in [-0.05, 0) is 25.8 Å². The Labute approximate surface area is 117 Å². The van der Waals surface area contributed by atoms with Crippen LogP contribution < -0.4 is 5.73 Å². The quantitative estimate of drug-likeness (QED) is 0.697. The first kappa shape index (κ1) is 16.2. The number of aryl methyl sites for hydroxylation is 1. The Hall–Kier alpha value is -0.900. The van der Waals surface area contributed by atoms with Crippen molar-refractivity contribution in [3.8, 4) is 0 Å². The van der Waals surface area contributed by atoms with Crippen molar-refractivity contribution in [3.63, 3.8) is 0 Å². The lowest BCUT2D eigenvalue weighted by Crippen LogP contribution is -2.28. The van der Waals surface area contributed by atoms with Gasteiger partial charge in [-0.3, -0.25) is 0 Å².